The van der Waals surface area contributed by atoms with Gasteiger partial charge in [-0.1, -0.05) is 6.58 Å². The molecule has 1 aromatic rings. The van der Waals surface area contributed by atoms with E-state index in [0.717, 1.165) is 5.41 Å². The van der Waals surface area contributed by atoms with Gasteiger partial charge in [0, 0.05) is 17.0 Å². The Bertz CT molecular complexity index is 519. The molecule has 5 nitrogen and oxygen atoms in total. The molecule has 15 heavy (non-hydrogen) atoms. The zero-order valence-corrected chi connectivity index (χ0v) is 8.82. The van der Waals surface area contributed by atoms with Crippen molar-refractivity contribution < 1.29 is 13.3 Å². The van der Waals surface area contributed by atoms with E-state index in [2.05, 4.69) is 6.58 Å². The molecule has 0 radical (unpaired) electrons. The fourth-order valence-corrected chi connectivity index (χ4v) is 1.90. The van der Waals surface area contributed by atoms with E-state index in [1.807, 2.05) is 0 Å². The number of rotatable bonds is 3. The monoisotopic (exact) mass is 227 g/mol. The molecule has 0 saturated carbocycles. The van der Waals surface area contributed by atoms with Gasteiger partial charge in [-0.05, 0) is 19.1 Å². The van der Waals surface area contributed by atoms with E-state index in [1.54, 1.807) is 0 Å². The van der Waals surface area contributed by atoms with Gasteiger partial charge in [-0.2, -0.15) is 0 Å². The van der Waals surface area contributed by atoms with Crippen LogP contribution in [-0.4, -0.2) is 13.3 Å². The van der Waals surface area contributed by atoms with Crippen molar-refractivity contribution in [2.24, 2.45) is 0 Å². The number of benzene rings is 1. The van der Waals surface area contributed by atoms with E-state index >= 15 is 0 Å². The van der Waals surface area contributed by atoms with Crippen LogP contribution in [0.15, 0.2) is 35.1 Å². The summed E-state index contributed by atoms with van der Waals surface area (Å²) in [6.45, 7) is 4.66. The van der Waals surface area contributed by atoms with Gasteiger partial charge in [-0.3, -0.25) is 10.1 Å². The van der Waals surface area contributed by atoms with Crippen molar-refractivity contribution in [3.05, 3.63) is 45.9 Å². The average molecular weight is 227 g/mol. The van der Waals surface area contributed by atoms with E-state index < -0.39 is 14.8 Å². The molecule has 0 atom stereocenters. The second-order valence-electron chi connectivity index (χ2n) is 2.92. The van der Waals surface area contributed by atoms with Gasteiger partial charge in [-0.15, -0.1) is 0 Å². The highest BCUT2D eigenvalue weighted by atomic mass is 32.2. The molecule has 0 aliphatic rings. The van der Waals surface area contributed by atoms with Crippen molar-refractivity contribution in [2.75, 3.05) is 0 Å². The lowest BCUT2D eigenvalue weighted by molar-refractivity contribution is -0.385. The third-order valence-electron chi connectivity index (χ3n) is 1.91. The van der Waals surface area contributed by atoms with Crippen LogP contribution >= 0.6 is 0 Å². The molecular weight excluding hydrogens is 218 g/mol. The number of hydrogen-bond donors (Lipinski definition) is 0. The molecule has 0 bridgehead atoms. The second-order valence-corrected chi connectivity index (χ2v) is 4.81. The summed E-state index contributed by atoms with van der Waals surface area (Å²) in [7, 11) is -3.52. The largest absolute Gasteiger partial charge is 0.272 e. The van der Waals surface area contributed by atoms with Crippen molar-refractivity contribution in [1.29, 1.82) is 0 Å². The van der Waals surface area contributed by atoms with E-state index in [0.29, 0.717) is 5.56 Å². The topological polar surface area (TPSA) is 77.3 Å². The molecule has 0 heterocycles. The zero-order valence-electron chi connectivity index (χ0n) is 8.00. The van der Waals surface area contributed by atoms with Crippen LogP contribution in [0.1, 0.15) is 5.56 Å². The van der Waals surface area contributed by atoms with Crippen molar-refractivity contribution >= 4 is 15.5 Å². The fourth-order valence-electron chi connectivity index (χ4n) is 1.11. The molecule has 0 aliphatic heterocycles. The van der Waals surface area contributed by atoms with Crippen molar-refractivity contribution in [3.8, 4) is 0 Å². The highest BCUT2D eigenvalue weighted by Crippen LogP contribution is 2.22. The molecule has 0 amide bonds. The van der Waals surface area contributed by atoms with Crippen LogP contribution in [0.3, 0.4) is 0 Å². The van der Waals surface area contributed by atoms with Crippen LogP contribution in [0.5, 0.6) is 0 Å². The minimum absolute atomic E-state index is 0.0144. The number of hydrogen-bond acceptors (Lipinski definition) is 4. The summed E-state index contributed by atoms with van der Waals surface area (Å²) < 4.78 is 22.7. The first-order chi connectivity index (χ1) is 6.88. The number of nitro benzene ring substituents is 1. The Morgan fingerprint density at radius 2 is 2.07 bits per heavy atom. The van der Waals surface area contributed by atoms with E-state index in [-0.39, 0.29) is 10.6 Å². The maximum Gasteiger partial charge on any atom is 0.272 e. The molecule has 80 valence electrons. The molecule has 0 fully saturated rings. The molecular formula is C9H9NO4S. The van der Waals surface area contributed by atoms with Gasteiger partial charge in [0.15, 0.2) is 9.84 Å². The number of sulfone groups is 1. The van der Waals surface area contributed by atoms with Gasteiger partial charge >= 0.3 is 0 Å². The van der Waals surface area contributed by atoms with Crippen LogP contribution in [-0.2, 0) is 9.84 Å². The Hall–Kier alpha value is -1.69. The second kappa shape index (κ2) is 3.82. The molecule has 0 N–H and O–H groups in total. The van der Waals surface area contributed by atoms with Crippen molar-refractivity contribution in [3.63, 3.8) is 0 Å². The van der Waals surface area contributed by atoms with Crippen LogP contribution in [0, 0.1) is 17.0 Å². The van der Waals surface area contributed by atoms with Crippen LogP contribution in [0.4, 0.5) is 5.69 Å². The first kappa shape index (κ1) is 11.4. The number of nitrogens with zero attached hydrogens (tertiary/aromatic N) is 1. The molecule has 1 aromatic carbocycles. The van der Waals surface area contributed by atoms with E-state index in [1.165, 1.54) is 25.1 Å². The Labute approximate surface area is 87.1 Å². The molecule has 1 rings (SSSR count). The highest BCUT2D eigenvalue weighted by Gasteiger charge is 2.15. The Morgan fingerprint density at radius 1 is 1.47 bits per heavy atom. The Balaban J connectivity index is 3.36. The SMILES string of the molecule is C=CS(=O)(=O)c1ccc([N+](=O)[O-])c(C)c1. The summed E-state index contributed by atoms with van der Waals surface area (Å²) in [5, 5.41) is 11.3. The van der Waals surface area contributed by atoms with Crippen LogP contribution in [0.2, 0.25) is 0 Å². The predicted octanol–water partition coefficient (Wildman–Crippen LogP) is 1.82. The summed E-state index contributed by atoms with van der Waals surface area (Å²) >= 11 is 0. The molecule has 6 heteroatoms. The van der Waals surface area contributed by atoms with E-state index in [9.17, 15) is 18.5 Å². The molecule has 0 aliphatic carbocycles. The first-order valence-electron chi connectivity index (χ1n) is 4.01. The molecule has 0 spiro atoms. The summed E-state index contributed by atoms with van der Waals surface area (Å²) in [6.07, 6.45) is 0. The maximum atomic E-state index is 11.3. The van der Waals surface area contributed by atoms with Crippen LogP contribution < -0.4 is 0 Å². The van der Waals surface area contributed by atoms with Crippen molar-refractivity contribution in [2.45, 2.75) is 11.8 Å². The lowest BCUT2D eigenvalue weighted by atomic mass is 10.2. The number of nitro groups is 1. The highest BCUT2D eigenvalue weighted by molar-refractivity contribution is 7.94. The minimum atomic E-state index is -3.52. The van der Waals surface area contributed by atoms with E-state index in [4.69, 9.17) is 0 Å². The third kappa shape index (κ3) is 2.21. The maximum absolute atomic E-state index is 11.3. The summed E-state index contributed by atoms with van der Waals surface area (Å²) in [4.78, 5) is 9.95. The standard InChI is InChI=1S/C9H9NO4S/c1-3-15(13,14)8-4-5-9(10(11)12)7(2)6-8/h3-6H,1H2,2H3. The normalized spacial score (nSPS) is 11.0. The molecule has 0 unspecified atom stereocenters. The minimum Gasteiger partial charge on any atom is -0.258 e. The number of aryl methyl sites for hydroxylation is 1. The fraction of sp³-hybridized carbons (Fsp3) is 0.111. The van der Waals surface area contributed by atoms with Gasteiger partial charge in [0.25, 0.3) is 5.69 Å². The lowest BCUT2D eigenvalue weighted by Crippen LogP contribution is -1.98. The van der Waals surface area contributed by atoms with Gasteiger partial charge in [0.2, 0.25) is 0 Å². The smallest absolute Gasteiger partial charge is 0.258 e. The van der Waals surface area contributed by atoms with Gasteiger partial charge < -0.3 is 0 Å². The zero-order chi connectivity index (χ0) is 11.6. The Morgan fingerprint density at radius 3 is 2.47 bits per heavy atom. The summed E-state index contributed by atoms with van der Waals surface area (Å²) in [5.41, 5.74) is 0.209. The quantitative estimate of drug-likeness (QED) is 0.583. The predicted molar refractivity (Wildman–Crippen MR) is 55.2 cm³/mol. The summed E-state index contributed by atoms with van der Waals surface area (Å²) in [5.74, 6) is 0. The first-order valence-corrected chi connectivity index (χ1v) is 5.55. The van der Waals surface area contributed by atoms with Gasteiger partial charge in [0.1, 0.15) is 0 Å². The van der Waals surface area contributed by atoms with Crippen molar-refractivity contribution in [1.82, 2.24) is 0 Å². The molecule has 0 aromatic heterocycles. The Kier molecular flexibility index (Phi) is 2.90. The lowest BCUT2D eigenvalue weighted by Gasteiger charge is -2.01. The molecule has 0 saturated heterocycles. The summed E-state index contributed by atoms with van der Waals surface area (Å²) in [6, 6.07) is 3.63. The third-order valence-corrected chi connectivity index (χ3v) is 3.26. The van der Waals surface area contributed by atoms with Crippen LogP contribution in [0.25, 0.3) is 0 Å². The van der Waals surface area contributed by atoms with Gasteiger partial charge in [0.05, 0.1) is 9.82 Å². The average Bonchev–Trinajstić information content (AvgIpc) is 2.17. The van der Waals surface area contributed by atoms with Gasteiger partial charge in [-0.25, -0.2) is 8.42 Å².